The fourth-order valence-corrected chi connectivity index (χ4v) is 5.54. The van der Waals surface area contributed by atoms with Crippen molar-refractivity contribution >= 4 is 11.8 Å². The molecule has 0 saturated carbocycles. The monoisotopic (exact) mass is 511 g/mol. The molecule has 0 aromatic carbocycles. The molecule has 2 rings (SSSR count). The van der Waals surface area contributed by atoms with Gasteiger partial charge in [0.2, 0.25) is 0 Å². The van der Waals surface area contributed by atoms with Crippen LogP contribution in [-0.2, 0) is 23.8 Å². The molecule has 36 heavy (non-hydrogen) atoms. The SMILES string of the molecule is CC[C@H]1OC(=O)[C@H](C)[C@@H](O)[C@H](C)[C@@H](OC2OC(C)CC(N(C)C)C2O)[C@@H](C)C[C@@H](C)C(=O)C=C[C@H]1C. The predicted octanol–water partition coefficient (Wildman–Crippen LogP) is 3.19. The van der Waals surface area contributed by atoms with Gasteiger partial charge in [-0.2, -0.15) is 0 Å². The maximum absolute atomic E-state index is 13.0. The molecule has 8 nitrogen and oxygen atoms in total. The van der Waals surface area contributed by atoms with E-state index in [1.807, 2.05) is 66.6 Å². The van der Waals surface area contributed by atoms with Crippen molar-refractivity contribution in [3.05, 3.63) is 12.2 Å². The number of rotatable bonds is 4. The van der Waals surface area contributed by atoms with Gasteiger partial charge in [0, 0.05) is 23.8 Å². The van der Waals surface area contributed by atoms with Crippen molar-refractivity contribution in [1.29, 1.82) is 0 Å². The zero-order chi connectivity index (χ0) is 27.3. The van der Waals surface area contributed by atoms with Crippen LogP contribution in [0.5, 0.6) is 0 Å². The lowest BCUT2D eigenvalue weighted by molar-refractivity contribution is -0.283. The largest absolute Gasteiger partial charge is 0.461 e. The summed E-state index contributed by atoms with van der Waals surface area (Å²) in [6.45, 7) is 13.2. The van der Waals surface area contributed by atoms with Crippen molar-refractivity contribution in [2.45, 2.75) is 111 Å². The zero-order valence-corrected chi connectivity index (χ0v) is 23.6. The first kappa shape index (κ1) is 30.9. The fraction of sp³-hybridized carbons (Fsp3) is 0.857. The van der Waals surface area contributed by atoms with Gasteiger partial charge in [-0.1, -0.05) is 40.7 Å². The van der Waals surface area contributed by atoms with Crippen molar-refractivity contribution in [2.75, 3.05) is 14.1 Å². The van der Waals surface area contributed by atoms with E-state index in [2.05, 4.69) is 0 Å². The van der Waals surface area contributed by atoms with Crippen molar-refractivity contribution in [3.63, 3.8) is 0 Å². The Morgan fingerprint density at radius 3 is 2.25 bits per heavy atom. The topological polar surface area (TPSA) is 106 Å². The molecule has 0 aromatic rings. The highest BCUT2D eigenvalue weighted by Crippen LogP contribution is 2.33. The summed E-state index contributed by atoms with van der Waals surface area (Å²) in [5.74, 6) is -2.25. The number of carbonyl (C=O) groups is 2. The van der Waals surface area contributed by atoms with Crippen LogP contribution in [0.25, 0.3) is 0 Å². The normalized spacial score (nSPS) is 43.8. The van der Waals surface area contributed by atoms with Gasteiger partial charge in [0.05, 0.1) is 24.2 Å². The summed E-state index contributed by atoms with van der Waals surface area (Å²) in [6, 6.07) is -0.139. The van der Waals surface area contributed by atoms with Crippen LogP contribution in [0.1, 0.15) is 67.7 Å². The molecule has 0 aliphatic carbocycles. The number of nitrogens with zero attached hydrogens (tertiary/aromatic N) is 1. The molecular formula is C28H49NO7. The molecule has 8 heteroatoms. The first-order valence-corrected chi connectivity index (χ1v) is 13.5. The Morgan fingerprint density at radius 1 is 1.03 bits per heavy atom. The highest BCUT2D eigenvalue weighted by atomic mass is 16.7. The summed E-state index contributed by atoms with van der Waals surface area (Å²) < 4.78 is 18.2. The third-order valence-electron chi connectivity index (χ3n) is 8.10. The van der Waals surface area contributed by atoms with E-state index in [1.54, 1.807) is 13.0 Å². The standard InChI is InChI=1S/C28H49NO7/c1-10-23-15(2)11-12-22(30)16(3)13-17(4)26(19(6)24(31)20(7)27(33)35-23)36-28-25(32)21(29(8)9)14-18(5)34-28/h11-12,15-21,23-26,28,31-32H,10,13-14H2,1-9H3/t15-,16-,17+,18?,19+,20-,21?,23-,24+,25?,26+,28?/m1/s1. The second-order valence-corrected chi connectivity index (χ2v) is 11.4. The van der Waals surface area contributed by atoms with Crippen molar-refractivity contribution < 1.29 is 34.0 Å². The molecule has 0 aromatic heterocycles. The summed E-state index contributed by atoms with van der Waals surface area (Å²) in [5, 5.41) is 22.3. The Bertz CT molecular complexity index is 756. The highest BCUT2D eigenvalue weighted by Gasteiger charge is 2.43. The van der Waals surface area contributed by atoms with E-state index < -0.39 is 42.4 Å². The third-order valence-corrected chi connectivity index (χ3v) is 8.10. The fourth-order valence-electron chi connectivity index (χ4n) is 5.54. The molecule has 2 heterocycles. The van der Waals surface area contributed by atoms with Gasteiger partial charge >= 0.3 is 5.97 Å². The lowest BCUT2D eigenvalue weighted by Crippen LogP contribution is -2.56. The average Bonchev–Trinajstić information content (AvgIpc) is 2.83. The van der Waals surface area contributed by atoms with Crippen LogP contribution in [0.3, 0.4) is 0 Å². The number of hydrogen-bond acceptors (Lipinski definition) is 8. The quantitative estimate of drug-likeness (QED) is 0.555. The van der Waals surface area contributed by atoms with Crippen LogP contribution in [0.4, 0.5) is 0 Å². The summed E-state index contributed by atoms with van der Waals surface area (Å²) in [4.78, 5) is 27.8. The Morgan fingerprint density at radius 2 is 1.67 bits per heavy atom. The second-order valence-electron chi connectivity index (χ2n) is 11.4. The number of cyclic esters (lactones) is 1. The number of ether oxygens (including phenoxy) is 3. The number of carbonyl (C=O) groups excluding carboxylic acids is 2. The van der Waals surface area contributed by atoms with E-state index in [4.69, 9.17) is 14.2 Å². The smallest absolute Gasteiger partial charge is 0.311 e. The number of ketones is 1. The van der Waals surface area contributed by atoms with Crippen LogP contribution < -0.4 is 0 Å². The minimum absolute atomic E-state index is 0.00232. The van der Waals surface area contributed by atoms with Crippen molar-refractivity contribution in [2.24, 2.45) is 29.6 Å². The highest BCUT2D eigenvalue weighted by molar-refractivity contribution is 5.91. The van der Waals surface area contributed by atoms with Crippen LogP contribution in [-0.4, -0.2) is 83.8 Å². The van der Waals surface area contributed by atoms with E-state index >= 15 is 0 Å². The molecule has 2 aliphatic rings. The van der Waals surface area contributed by atoms with Crippen LogP contribution >= 0.6 is 0 Å². The van der Waals surface area contributed by atoms with Gasteiger partial charge in [-0.25, -0.2) is 0 Å². The van der Waals surface area contributed by atoms with Crippen LogP contribution in [0, 0.1) is 29.6 Å². The van der Waals surface area contributed by atoms with Gasteiger partial charge in [0.15, 0.2) is 12.1 Å². The lowest BCUT2D eigenvalue weighted by Gasteiger charge is -2.44. The number of allylic oxidation sites excluding steroid dienone is 1. The Labute approximate surface area is 217 Å². The number of aliphatic hydroxyl groups is 2. The zero-order valence-electron chi connectivity index (χ0n) is 23.6. The van der Waals surface area contributed by atoms with Gasteiger partial charge in [-0.05, 0) is 59.2 Å². The maximum Gasteiger partial charge on any atom is 0.311 e. The molecule has 12 atom stereocenters. The first-order valence-electron chi connectivity index (χ1n) is 13.5. The van der Waals surface area contributed by atoms with E-state index in [-0.39, 0.29) is 41.8 Å². The second kappa shape index (κ2) is 13.5. The van der Waals surface area contributed by atoms with Crippen LogP contribution in [0.15, 0.2) is 12.2 Å². The van der Waals surface area contributed by atoms with Crippen LogP contribution in [0.2, 0.25) is 0 Å². The van der Waals surface area contributed by atoms with E-state index in [1.165, 1.54) is 0 Å². The van der Waals surface area contributed by atoms with Crippen molar-refractivity contribution in [1.82, 2.24) is 4.90 Å². The number of hydrogen-bond donors (Lipinski definition) is 2. The molecule has 208 valence electrons. The summed E-state index contributed by atoms with van der Waals surface area (Å²) in [6.07, 6.45) is 1.34. The number of aliphatic hydroxyl groups excluding tert-OH is 2. The molecule has 4 unspecified atom stereocenters. The molecule has 0 amide bonds. The third kappa shape index (κ3) is 7.60. The van der Waals surface area contributed by atoms with Gasteiger partial charge in [-0.3, -0.25) is 9.59 Å². The average molecular weight is 512 g/mol. The molecular weight excluding hydrogens is 462 g/mol. The predicted molar refractivity (Wildman–Crippen MR) is 138 cm³/mol. The molecule has 2 N–H and O–H groups in total. The van der Waals surface area contributed by atoms with E-state index in [0.29, 0.717) is 19.3 Å². The molecule has 1 fully saturated rings. The Kier molecular flexibility index (Phi) is 11.6. The van der Waals surface area contributed by atoms with Gasteiger partial charge in [0.1, 0.15) is 12.2 Å². The summed E-state index contributed by atoms with van der Waals surface area (Å²) in [5.41, 5.74) is 0. The molecule has 1 saturated heterocycles. The summed E-state index contributed by atoms with van der Waals surface area (Å²) in [7, 11) is 3.83. The maximum atomic E-state index is 13.0. The minimum atomic E-state index is -1.04. The van der Waals surface area contributed by atoms with Gasteiger partial charge < -0.3 is 29.3 Å². The van der Waals surface area contributed by atoms with E-state index in [9.17, 15) is 19.8 Å². The first-order chi connectivity index (χ1) is 16.8. The minimum Gasteiger partial charge on any atom is -0.461 e. The molecule has 0 bridgehead atoms. The van der Waals surface area contributed by atoms with Gasteiger partial charge in [0.25, 0.3) is 0 Å². The number of likely N-dealkylation sites (N-methyl/N-ethyl adjacent to an activating group) is 1. The lowest BCUT2D eigenvalue weighted by atomic mass is 9.80. The Hall–Kier alpha value is -1.32. The van der Waals surface area contributed by atoms with Crippen molar-refractivity contribution in [3.8, 4) is 0 Å². The molecule has 0 radical (unpaired) electrons. The molecule has 2 aliphatic heterocycles. The molecule has 0 spiro atoms. The summed E-state index contributed by atoms with van der Waals surface area (Å²) >= 11 is 0. The van der Waals surface area contributed by atoms with E-state index in [0.717, 1.165) is 0 Å². The van der Waals surface area contributed by atoms with Gasteiger partial charge in [-0.15, -0.1) is 0 Å². The Balaban J connectivity index is 2.39. The number of esters is 1.